The van der Waals surface area contributed by atoms with Crippen molar-refractivity contribution in [1.29, 1.82) is 0 Å². The number of halogens is 1. The predicted octanol–water partition coefficient (Wildman–Crippen LogP) is 5.38. The highest BCUT2D eigenvalue weighted by Crippen LogP contribution is 2.42. The number of methoxy groups -OCH3 is 2. The Balaban J connectivity index is 2.11. The van der Waals surface area contributed by atoms with E-state index in [0.29, 0.717) is 16.7 Å². The van der Waals surface area contributed by atoms with E-state index in [-0.39, 0.29) is 0 Å². The molecule has 0 spiro atoms. The molecule has 0 fully saturated rings. The van der Waals surface area contributed by atoms with Crippen LogP contribution < -0.4 is 14.4 Å². The third kappa shape index (κ3) is 2.84. The normalized spacial score (nSPS) is 11.1. The fourth-order valence-corrected chi connectivity index (χ4v) is 3.60. The summed E-state index contributed by atoms with van der Waals surface area (Å²) in [5.74, 6) is 1.34. The van der Waals surface area contributed by atoms with Crippen LogP contribution in [0.2, 0.25) is 5.15 Å². The number of benzene rings is 2. The van der Waals surface area contributed by atoms with E-state index >= 15 is 0 Å². The van der Waals surface area contributed by atoms with Crippen LogP contribution in [0.5, 0.6) is 11.5 Å². The Labute approximate surface area is 162 Å². The van der Waals surface area contributed by atoms with Gasteiger partial charge in [0.25, 0.3) is 0 Å². The highest BCUT2D eigenvalue weighted by atomic mass is 35.5. The van der Waals surface area contributed by atoms with Gasteiger partial charge in [0.2, 0.25) is 0 Å². The van der Waals surface area contributed by atoms with Gasteiger partial charge in [-0.15, -0.1) is 0 Å². The van der Waals surface area contributed by atoms with Crippen LogP contribution in [0, 0.1) is 0 Å². The Morgan fingerprint density at radius 3 is 2.44 bits per heavy atom. The lowest BCUT2D eigenvalue weighted by Gasteiger charge is -2.17. The maximum absolute atomic E-state index is 6.27. The zero-order valence-corrected chi connectivity index (χ0v) is 16.3. The highest BCUT2D eigenvalue weighted by molar-refractivity contribution is 6.32. The molecule has 0 unspecified atom stereocenters. The van der Waals surface area contributed by atoms with Crippen LogP contribution in [0.25, 0.3) is 32.9 Å². The molecule has 0 atom stereocenters. The van der Waals surface area contributed by atoms with Crippen LogP contribution in [0.4, 0.5) is 5.69 Å². The Kier molecular flexibility index (Phi) is 4.32. The van der Waals surface area contributed by atoms with Crippen molar-refractivity contribution in [2.75, 3.05) is 33.2 Å². The zero-order chi connectivity index (χ0) is 19.1. The lowest BCUT2D eigenvalue weighted by atomic mass is 9.96. The quantitative estimate of drug-likeness (QED) is 0.443. The van der Waals surface area contributed by atoms with Crippen LogP contribution in [0.1, 0.15) is 0 Å². The van der Waals surface area contributed by atoms with Crippen molar-refractivity contribution >= 4 is 39.0 Å². The standard InChI is InChI=1S/C21H19ClN2O3/c1-24(2)16-8-14(11-23-21(16)22)19-15-10-18(26-4)17(25-3)9-13(15)7-12-5-6-27-20(12)19/h5-11H,1-4H3. The van der Waals surface area contributed by atoms with Crippen LogP contribution in [0.15, 0.2) is 47.2 Å². The van der Waals surface area contributed by atoms with Crippen molar-refractivity contribution < 1.29 is 13.9 Å². The molecule has 0 aliphatic carbocycles. The molecule has 0 radical (unpaired) electrons. The van der Waals surface area contributed by atoms with Gasteiger partial charge >= 0.3 is 0 Å². The highest BCUT2D eigenvalue weighted by Gasteiger charge is 2.17. The van der Waals surface area contributed by atoms with Crippen LogP contribution >= 0.6 is 11.6 Å². The summed E-state index contributed by atoms with van der Waals surface area (Å²) in [6.45, 7) is 0. The molecule has 2 aromatic heterocycles. The van der Waals surface area contributed by atoms with E-state index in [4.69, 9.17) is 25.5 Å². The summed E-state index contributed by atoms with van der Waals surface area (Å²) in [6.07, 6.45) is 3.46. The average molecular weight is 383 g/mol. The Bertz CT molecular complexity index is 1150. The molecule has 138 valence electrons. The van der Waals surface area contributed by atoms with Gasteiger partial charge in [0.1, 0.15) is 5.58 Å². The molecule has 0 aliphatic rings. The van der Waals surface area contributed by atoms with Crippen molar-refractivity contribution in [3.8, 4) is 22.6 Å². The largest absolute Gasteiger partial charge is 0.493 e. The topological polar surface area (TPSA) is 47.7 Å². The van der Waals surface area contributed by atoms with E-state index < -0.39 is 0 Å². The van der Waals surface area contributed by atoms with Gasteiger partial charge in [-0.25, -0.2) is 4.98 Å². The SMILES string of the molecule is COc1cc2cc3ccoc3c(-c3cnc(Cl)c(N(C)C)c3)c2cc1OC. The first-order valence-corrected chi connectivity index (χ1v) is 8.80. The van der Waals surface area contributed by atoms with Crippen LogP contribution in [-0.4, -0.2) is 33.3 Å². The summed E-state index contributed by atoms with van der Waals surface area (Å²) in [5.41, 5.74) is 3.50. The van der Waals surface area contributed by atoms with Gasteiger partial charge < -0.3 is 18.8 Å². The Morgan fingerprint density at radius 2 is 1.74 bits per heavy atom. The van der Waals surface area contributed by atoms with E-state index in [1.165, 1.54) is 0 Å². The average Bonchev–Trinajstić information content (AvgIpc) is 3.13. The van der Waals surface area contributed by atoms with E-state index in [0.717, 1.165) is 38.6 Å². The number of pyridine rings is 1. The van der Waals surface area contributed by atoms with Gasteiger partial charge in [-0.1, -0.05) is 11.6 Å². The van der Waals surface area contributed by atoms with E-state index in [1.54, 1.807) is 26.7 Å². The number of fused-ring (bicyclic) bond motifs is 2. The van der Waals surface area contributed by atoms with Crippen molar-refractivity contribution in [1.82, 2.24) is 4.98 Å². The second-order valence-corrected chi connectivity index (χ2v) is 6.81. The smallest absolute Gasteiger partial charge is 0.161 e. The van der Waals surface area contributed by atoms with Crippen molar-refractivity contribution in [2.24, 2.45) is 0 Å². The second-order valence-electron chi connectivity index (χ2n) is 6.45. The fraction of sp³-hybridized carbons (Fsp3) is 0.190. The first kappa shape index (κ1) is 17.5. The number of aromatic nitrogens is 1. The van der Waals surface area contributed by atoms with E-state index in [1.807, 2.05) is 43.3 Å². The number of furan rings is 1. The van der Waals surface area contributed by atoms with E-state index in [2.05, 4.69) is 11.1 Å². The van der Waals surface area contributed by atoms with Gasteiger partial charge in [0, 0.05) is 36.8 Å². The predicted molar refractivity (Wildman–Crippen MR) is 109 cm³/mol. The molecule has 2 heterocycles. The summed E-state index contributed by atoms with van der Waals surface area (Å²) in [5, 5.41) is 3.48. The van der Waals surface area contributed by atoms with Crippen molar-refractivity contribution in [3.05, 3.63) is 47.9 Å². The van der Waals surface area contributed by atoms with Gasteiger partial charge in [0.15, 0.2) is 16.7 Å². The summed E-state index contributed by atoms with van der Waals surface area (Å²) in [4.78, 5) is 6.31. The Morgan fingerprint density at radius 1 is 1.00 bits per heavy atom. The minimum atomic E-state index is 0.457. The first-order chi connectivity index (χ1) is 13.0. The second kappa shape index (κ2) is 6.67. The molecule has 5 nitrogen and oxygen atoms in total. The number of hydrogen-bond acceptors (Lipinski definition) is 5. The number of rotatable bonds is 4. The molecule has 0 aliphatic heterocycles. The third-order valence-electron chi connectivity index (χ3n) is 4.65. The number of nitrogens with zero attached hydrogens (tertiary/aromatic N) is 2. The van der Waals surface area contributed by atoms with Gasteiger partial charge in [-0.3, -0.25) is 0 Å². The van der Waals surface area contributed by atoms with E-state index in [9.17, 15) is 0 Å². The summed E-state index contributed by atoms with van der Waals surface area (Å²) in [6, 6.07) is 9.99. The molecule has 6 heteroatoms. The molecular formula is C21H19ClN2O3. The monoisotopic (exact) mass is 382 g/mol. The fourth-order valence-electron chi connectivity index (χ4n) is 3.33. The summed E-state index contributed by atoms with van der Waals surface area (Å²) >= 11 is 6.27. The minimum absolute atomic E-state index is 0.457. The molecule has 0 saturated carbocycles. The summed E-state index contributed by atoms with van der Waals surface area (Å²) in [7, 11) is 7.13. The number of ether oxygens (including phenoxy) is 2. The lowest BCUT2D eigenvalue weighted by molar-refractivity contribution is 0.356. The molecule has 27 heavy (non-hydrogen) atoms. The molecular weight excluding hydrogens is 364 g/mol. The lowest BCUT2D eigenvalue weighted by Crippen LogP contribution is -2.09. The minimum Gasteiger partial charge on any atom is -0.493 e. The molecule has 0 saturated heterocycles. The van der Waals surface area contributed by atoms with Crippen LogP contribution in [-0.2, 0) is 0 Å². The third-order valence-corrected chi connectivity index (χ3v) is 4.94. The van der Waals surface area contributed by atoms with Crippen molar-refractivity contribution in [2.45, 2.75) is 0 Å². The first-order valence-electron chi connectivity index (χ1n) is 8.42. The van der Waals surface area contributed by atoms with Gasteiger partial charge in [-0.2, -0.15) is 0 Å². The Hall–Kier alpha value is -2.92. The zero-order valence-electron chi connectivity index (χ0n) is 15.5. The van der Waals surface area contributed by atoms with Gasteiger partial charge in [0.05, 0.1) is 26.2 Å². The number of hydrogen-bond donors (Lipinski definition) is 0. The molecule has 4 rings (SSSR count). The molecule has 0 bridgehead atoms. The maximum Gasteiger partial charge on any atom is 0.161 e. The molecule has 0 amide bonds. The molecule has 4 aromatic rings. The van der Waals surface area contributed by atoms with Gasteiger partial charge in [-0.05, 0) is 41.1 Å². The van der Waals surface area contributed by atoms with Crippen molar-refractivity contribution in [3.63, 3.8) is 0 Å². The molecule has 0 N–H and O–H groups in total. The summed E-state index contributed by atoms with van der Waals surface area (Å²) < 4.78 is 16.8. The molecule has 2 aromatic carbocycles. The maximum atomic E-state index is 6.27. The van der Waals surface area contributed by atoms with Crippen LogP contribution in [0.3, 0.4) is 0 Å². The number of anilines is 1.